The van der Waals surface area contributed by atoms with Gasteiger partial charge in [0.15, 0.2) is 5.75 Å². The van der Waals surface area contributed by atoms with E-state index in [2.05, 4.69) is 20.3 Å². The minimum absolute atomic E-state index is 0.177. The quantitative estimate of drug-likeness (QED) is 0.599. The van der Waals surface area contributed by atoms with Gasteiger partial charge >= 0.3 is 0 Å². The highest BCUT2D eigenvalue weighted by Crippen LogP contribution is 2.55. The Labute approximate surface area is 179 Å². The summed E-state index contributed by atoms with van der Waals surface area (Å²) in [6.07, 6.45) is 3.33. The minimum Gasteiger partial charge on any atom is -0.489 e. The number of rotatable bonds is 8. The van der Waals surface area contributed by atoms with Crippen LogP contribution < -0.4 is 10.1 Å². The number of aryl methyl sites for hydroxylation is 1. The molecule has 31 heavy (non-hydrogen) atoms. The molecule has 160 valence electrons. The smallest absolute Gasteiger partial charge is 0.229 e. The number of halogens is 1. The molecule has 0 unspecified atom stereocenters. The molecule has 8 heteroatoms. The number of amides is 1. The first-order chi connectivity index (χ1) is 15.0. The van der Waals surface area contributed by atoms with Crippen LogP contribution in [0, 0.1) is 18.7 Å². The lowest BCUT2D eigenvalue weighted by atomic mass is 9.93. The molecule has 7 nitrogen and oxygen atoms in total. The number of benzene rings is 1. The number of carbonyl (C=O) groups excluding carboxylic acids is 1. The molecule has 3 aromatic rings. The van der Waals surface area contributed by atoms with Crippen molar-refractivity contribution in [2.75, 3.05) is 19.0 Å². The standard InChI is InChI=1S/C23H23FN4O3/c1-15-25-12-20(19(27-15)13-30-2)31-14-23(16-6-4-3-5-7-16)10-18(23)22(29)28-21-9-8-17(24)11-26-21/h3-9,11-12,18H,10,13-14H2,1-2H3,(H,26,28,29)/t18-,23+/m0/s1. The fourth-order valence-corrected chi connectivity index (χ4v) is 3.72. The monoisotopic (exact) mass is 422 g/mol. The van der Waals surface area contributed by atoms with Crippen molar-refractivity contribution in [2.45, 2.75) is 25.4 Å². The van der Waals surface area contributed by atoms with Crippen molar-refractivity contribution in [1.29, 1.82) is 0 Å². The van der Waals surface area contributed by atoms with Crippen molar-refractivity contribution in [3.8, 4) is 5.75 Å². The van der Waals surface area contributed by atoms with Gasteiger partial charge in [-0.3, -0.25) is 4.79 Å². The summed E-state index contributed by atoms with van der Waals surface area (Å²) >= 11 is 0. The van der Waals surface area contributed by atoms with Gasteiger partial charge in [0, 0.05) is 12.5 Å². The van der Waals surface area contributed by atoms with Gasteiger partial charge in [-0.05, 0) is 31.0 Å². The van der Waals surface area contributed by atoms with Crippen molar-refractivity contribution >= 4 is 11.7 Å². The van der Waals surface area contributed by atoms with E-state index in [4.69, 9.17) is 9.47 Å². The highest BCUT2D eigenvalue weighted by atomic mass is 19.1. The second kappa shape index (κ2) is 8.77. The molecule has 2 heterocycles. The van der Waals surface area contributed by atoms with Crippen molar-refractivity contribution in [2.24, 2.45) is 5.92 Å². The molecule has 2 aromatic heterocycles. The largest absolute Gasteiger partial charge is 0.489 e. The zero-order chi connectivity index (χ0) is 21.8. The van der Waals surface area contributed by atoms with Crippen molar-refractivity contribution in [3.63, 3.8) is 0 Å². The number of aromatic nitrogens is 3. The third-order valence-corrected chi connectivity index (χ3v) is 5.44. The molecule has 1 N–H and O–H groups in total. The third kappa shape index (κ3) is 4.54. The fraction of sp³-hybridized carbons (Fsp3) is 0.304. The zero-order valence-electron chi connectivity index (χ0n) is 17.3. The number of hydrogen-bond acceptors (Lipinski definition) is 6. The summed E-state index contributed by atoms with van der Waals surface area (Å²) in [5, 5.41) is 2.78. The Morgan fingerprint density at radius 1 is 1.19 bits per heavy atom. The lowest BCUT2D eigenvalue weighted by molar-refractivity contribution is -0.117. The second-order valence-electron chi connectivity index (χ2n) is 7.58. The van der Waals surface area contributed by atoms with E-state index in [9.17, 15) is 9.18 Å². The van der Waals surface area contributed by atoms with E-state index >= 15 is 0 Å². The van der Waals surface area contributed by atoms with Gasteiger partial charge in [-0.1, -0.05) is 30.3 Å². The molecular formula is C23H23FN4O3. The number of nitrogens with one attached hydrogen (secondary N) is 1. The zero-order valence-corrected chi connectivity index (χ0v) is 17.3. The van der Waals surface area contributed by atoms with E-state index in [-0.39, 0.29) is 18.4 Å². The molecule has 1 aliphatic rings. The molecule has 4 rings (SSSR count). The van der Waals surface area contributed by atoms with E-state index in [1.807, 2.05) is 30.3 Å². The van der Waals surface area contributed by atoms with Crippen LogP contribution in [0.25, 0.3) is 0 Å². The van der Waals surface area contributed by atoms with E-state index in [1.54, 1.807) is 20.2 Å². The average Bonchev–Trinajstić information content (AvgIpc) is 3.52. The summed E-state index contributed by atoms with van der Waals surface area (Å²) in [5.41, 5.74) is 1.19. The van der Waals surface area contributed by atoms with Gasteiger partial charge in [0.05, 0.1) is 31.5 Å². The predicted octanol–water partition coefficient (Wildman–Crippen LogP) is 3.44. The Morgan fingerprint density at radius 2 is 2.00 bits per heavy atom. The van der Waals surface area contributed by atoms with Crippen LogP contribution >= 0.6 is 0 Å². The fourth-order valence-electron chi connectivity index (χ4n) is 3.72. The molecule has 1 saturated carbocycles. The first-order valence-corrected chi connectivity index (χ1v) is 9.94. The Hall–Kier alpha value is -3.39. The predicted molar refractivity (Wildman–Crippen MR) is 112 cm³/mol. The molecule has 1 aromatic carbocycles. The Balaban J connectivity index is 1.54. The number of ether oxygens (including phenoxy) is 2. The number of anilines is 1. The van der Waals surface area contributed by atoms with Crippen LogP contribution in [0.15, 0.2) is 54.9 Å². The molecule has 1 amide bonds. The van der Waals surface area contributed by atoms with Crippen LogP contribution in [0.5, 0.6) is 5.75 Å². The van der Waals surface area contributed by atoms with E-state index < -0.39 is 11.2 Å². The Bertz CT molecular complexity index is 1060. The van der Waals surface area contributed by atoms with Crippen LogP contribution in [0.1, 0.15) is 23.5 Å². The van der Waals surface area contributed by atoms with Gasteiger partial charge in [0.25, 0.3) is 0 Å². The molecule has 0 bridgehead atoms. The summed E-state index contributed by atoms with van der Waals surface area (Å²) in [6.45, 7) is 2.39. The van der Waals surface area contributed by atoms with Crippen LogP contribution in [0.4, 0.5) is 10.2 Å². The van der Waals surface area contributed by atoms with E-state index in [1.165, 1.54) is 12.1 Å². The first kappa shape index (κ1) is 20.9. The lowest BCUT2D eigenvalue weighted by Crippen LogP contribution is -2.27. The number of nitrogens with zero attached hydrogens (tertiary/aromatic N) is 3. The third-order valence-electron chi connectivity index (χ3n) is 5.44. The topological polar surface area (TPSA) is 86.2 Å². The average molecular weight is 422 g/mol. The van der Waals surface area contributed by atoms with Gasteiger partial charge in [0.2, 0.25) is 5.91 Å². The normalized spacial score (nSPS) is 19.6. The van der Waals surface area contributed by atoms with Crippen LogP contribution in [-0.4, -0.2) is 34.6 Å². The molecule has 0 radical (unpaired) electrons. The molecular weight excluding hydrogens is 399 g/mol. The second-order valence-corrected chi connectivity index (χ2v) is 7.58. The van der Waals surface area contributed by atoms with Crippen molar-refractivity contribution < 1.29 is 18.7 Å². The number of pyridine rings is 1. The first-order valence-electron chi connectivity index (χ1n) is 9.94. The van der Waals surface area contributed by atoms with Gasteiger partial charge < -0.3 is 14.8 Å². The van der Waals surface area contributed by atoms with Crippen molar-refractivity contribution in [1.82, 2.24) is 15.0 Å². The van der Waals surface area contributed by atoms with Crippen LogP contribution in [0.2, 0.25) is 0 Å². The maximum atomic E-state index is 13.1. The summed E-state index contributed by atoms with van der Waals surface area (Å²) < 4.78 is 24.4. The molecule has 2 atom stereocenters. The van der Waals surface area contributed by atoms with Gasteiger partial charge in [-0.15, -0.1) is 0 Å². The summed E-state index contributed by atoms with van der Waals surface area (Å²) in [7, 11) is 1.59. The highest BCUT2D eigenvalue weighted by molar-refractivity contribution is 5.95. The summed E-state index contributed by atoms with van der Waals surface area (Å²) in [5.74, 6) is 0.545. The van der Waals surface area contributed by atoms with Crippen LogP contribution in [-0.2, 0) is 21.6 Å². The van der Waals surface area contributed by atoms with E-state index in [0.29, 0.717) is 36.1 Å². The minimum atomic E-state index is -0.486. The summed E-state index contributed by atoms with van der Waals surface area (Å²) in [6, 6.07) is 12.5. The van der Waals surface area contributed by atoms with E-state index in [0.717, 1.165) is 11.8 Å². The van der Waals surface area contributed by atoms with Gasteiger partial charge in [-0.25, -0.2) is 19.3 Å². The lowest BCUT2D eigenvalue weighted by Gasteiger charge is -2.20. The SMILES string of the molecule is COCc1nc(C)ncc1OC[C@@]1(c2ccccc2)C[C@H]1C(=O)Nc1ccc(F)cn1. The van der Waals surface area contributed by atoms with Gasteiger partial charge in [-0.2, -0.15) is 0 Å². The molecule has 0 spiro atoms. The number of hydrogen-bond donors (Lipinski definition) is 1. The van der Waals surface area contributed by atoms with Gasteiger partial charge in [0.1, 0.15) is 23.2 Å². The number of methoxy groups -OCH3 is 1. The molecule has 0 saturated heterocycles. The molecule has 1 aliphatic carbocycles. The molecule has 0 aliphatic heterocycles. The van der Waals surface area contributed by atoms with Crippen LogP contribution in [0.3, 0.4) is 0 Å². The summed E-state index contributed by atoms with van der Waals surface area (Å²) in [4.78, 5) is 25.5. The maximum absolute atomic E-state index is 13.1. The molecule has 1 fully saturated rings. The maximum Gasteiger partial charge on any atom is 0.229 e. The Kier molecular flexibility index (Phi) is 5.90. The number of carbonyl (C=O) groups is 1. The highest BCUT2D eigenvalue weighted by Gasteiger charge is 2.60. The van der Waals surface area contributed by atoms with Crippen molar-refractivity contribution in [3.05, 3.63) is 77.8 Å². The Morgan fingerprint density at radius 3 is 2.71 bits per heavy atom.